The second-order valence-electron chi connectivity index (χ2n) is 5.04. The van der Waals surface area contributed by atoms with E-state index in [4.69, 9.17) is 5.73 Å². The van der Waals surface area contributed by atoms with Crippen LogP contribution in [-0.2, 0) is 10.0 Å². The van der Waals surface area contributed by atoms with Crippen molar-refractivity contribution < 1.29 is 8.42 Å². The zero-order chi connectivity index (χ0) is 13.2. The number of sulfonamides is 1. The Kier molecular flexibility index (Phi) is 5.82. The summed E-state index contributed by atoms with van der Waals surface area (Å²) in [5.41, 5.74) is 5.39. The van der Waals surface area contributed by atoms with Gasteiger partial charge in [-0.1, -0.05) is 25.8 Å². The highest BCUT2D eigenvalue weighted by atomic mass is 35.5. The van der Waals surface area contributed by atoms with Crippen molar-refractivity contribution in [3.05, 3.63) is 17.5 Å². The van der Waals surface area contributed by atoms with Crippen LogP contribution in [0.5, 0.6) is 0 Å². The minimum Gasteiger partial charge on any atom is -0.329 e. The molecular formula is C12H21ClN2O2S2. The highest BCUT2D eigenvalue weighted by molar-refractivity contribution is 7.91. The fourth-order valence-corrected chi connectivity index (χ4v) is 5.17. The van der Waals surface area contributed by atoms with Crippen LogP contribution in [0.15, 0.2) is 21.7 Å². The van der Waals surface area contributed by atoms with Crippen molar-refractivity contribution in [2.45, 2.75) is 42.4 Å². The van der Waals surface area contributed by atoms with Gasteiger partial charge >= 0.3 is 0 Å². The van der Waals surface area contributed by atoms with Crippen LogP contribution in [0.2, 0.25) is 0 Å². The molecule has 0 bridgehead atoms. The second kappa shape index (κ2) is 6.54. The molecule has 2 atom stereocenters. The number of hydrogen-bond acceptors (Lipinski definition) is 4. The Bertz CT molecular complexity index is 490. The fourth-order valence-electron chi connectivity index (χ4n) is 2.64. The predicted octanol–water partition coefficient (Wildman–Crippen LogP) is 2.36. The van der Waals surface area contributed by atoms with E-state index in [1.807, 2.05) is 0 Å². The molecule has 1 aliphatic rings. The van der Waals surface area contributed by atoms with Gasteiger partial charge in [-0.15, -0.1) is 23.7 Å². The Labute approximate surface area is 125 Å². The number of halogens is 1. The molecule has 110 valence electrons. The largest absolute Gasteiger partial charge is 0.329 e. The van der Waals surface area contributed by atoms with Gasteiger partial charge in [0.25, 0.3) is 10.0 Å². The van der Waals surface area contributed by atoms with Gasteiger partial charge < -0.3 is 5.73 Å². The highest BCUT2D eigenvalue weighted by Crippen LogP contribution is 2.34. The predicted molar refractivity (Wildman–Crippen MR) is 81.3 cm³/mol. The van der Waals surface area contributed by atoms with Crippen LogP contribution in [0.1, 0.15) is 32.6 Å². The smallest absolute Gasteiger partial charge is 0.250 e. The first-order chi connectivity index (χ1) is 8.50. The van der Waals surface area contributed by atoms with Crippen molar-refractivity contribution in [3.8, 4) is 0 Å². The van der Waals surface area contributed by atoms with Crippen molar-refractivity contribution in [1.29, 1.82) is 0 Å². The maximum Gasteiger partial charge on any atom is 0.250 e. The molecule has 1 fully saturated rings. The lowest BCUT2D eigenvalue weighted by molar-refractivity contribution is 0.191. The summed E-state index contributed by atoms with van der Waals surface area (Å²) >= 11 is 1.24. The lowest BCUT2D eigenvalue weighted by atomic mass is 9.74. The SMILES string of the molecule is CC1CCCCC1(CN)NS(=O)(=O)c1cccs1.Cl. The van der Waals surface area contributed by atoms with E-state index in [0.717, 1.165) is 25.7 Å². The summed E-state index contributed by atoms with van der Waals surface area (Å²) in [5.74, 6) is 0.283. The zero-order valence-electron chi connectivity index (χ0n) is 11.0. The van der Waals surface area contributed by atoms with E-state index in [1.54, 1.807) is 17.5 Å². The molecule has 0 radical (unpaired) electrons. The highest BCUT2D eigenvalue weighted by Gasteiger charge is 2.40. The third-order valence-electron chi connectivity index (χ3n) is 3.92. The molecule has 1 heterocycles. The van der Waals surface area contributed by atoms with Gasteiger partial charge in [0.2, 0.25) is 0 Å². The summed E-state index contributed by atoms with van der Waals surface area (Å²) in [6.07, 6.45) is 4.05. The van der Waals surface area contributed by atoms with E-state index < -0.39 is 15.6 Å². The van der Waals surface area contributed by atoms with Crippen molar-refractivity contribution in [2.75, 3.05) is 6.54 Å². The summed E-state index contributed by atoms with van der Waals surface area (Å²) in [6, 6.07) is 3.38. The van der Waals surface area contributed by atoms with Crippen LogP contribution in [-0.4, -0.2) is 20.5 Å². The van der Waals surface area contributed by atoms with Crippen molar-refractivity contribution in [1.82, 2.24) is 4.72 Å². The molecule has 1 aromatic heterocycles. The molecule has 4 nitrogen and oxygen atoms in total. The Morgan fingerprint density at radius 1 is 1.53 bits per heavy atom. The minimum atomic E-state index is -3.43. The quantitative estimate of drug-likeness (QED) is 0.893. The molecule has 1 saturated carbocycles. The summed E-state index contributed by atoms with van der Waals surface area (Å²) in [4.78, 5) is 0. The molecule has 0 amide bonds. The molecular weight excluding hydrogens is 304 g/mol. The lowest BCUT2D eigenvalue weighted by Crippen LogP contribution is -2.58. The Morgan fingerprint density at radius 2 is 2.26 bits per heavy atom. The van der Waals surface area contributed by atoms with Crippen molar-refractivity contribution in [2.24, 2.45) is 11.7 Å². The van der Waals surface area contributed by atoms with E-state index in [2.05, 4.69) is 11.6 Å². The van der Waals surface area contributed by atoms with Crippen LogP contribution in [0.3, 0.4) is 0 Å². The Balaban J connectivity index is 0.00000180. The van der Waals surface area contributed by atoms with Crippen LogP contribution >= 0.6 is 23.7 Å². The van der Waals surface area contributed by atoms with Gasteiger partial charge in [-0.05, 0) is 30.2 Å². The van der Waals surface area contributed by atoms with Crippen LogP contribution < -0.4 is 10.5 Å². The van der Waals surface area contributed by atoms with Gasteiger partial charge in [-0.3, -0.25) is 0 Å². The monoisotopic (exact) mass is 324 g/mol. The summed E-state index contributed by atoms with van der Waals surface area (Å²) in [6.45, 7) is 2.45. The molecule has 1 aliphatic carbocycles. The first-order valence-corrected chi connectivity index (χ1v) is 8.64. The number of nitrogens with two attached hydrogens (primary N) is 1. The van der Waals surface area contributed by atoms with Gasteiger partial charge in [0, 0.05) is 12.1 Å². The van der Waals surface area contributed by atoms with E-state index in [9.17, 15) is 8.42 Å². The molecule has 0 saturated heterocycles. The van der Waals surface area contributed by atoms with Gasteiger partial charge in [0.05, 0.1) is 0 Å². The number of hydrogen-bond donors (Lipinski definition) is 2. The third kappa shape index (κ3) is 3.49. The van der Waals surface area contributed by atoms with Gasteiger partial charge in [0.15, 0.2) is 0 Å². The van der Waals surface area contributed by atoms with Gasteiger partial charge in [-0.25, -0.2) is 13.1 Å². The van der Waals surface area contributed by atoms with E-state index in [0.29, 0.717) is 10.8 Å². The molecule has 0 aromatic carbocycles. The Morgan fingerprint density at radius 3 is 2.79 bits per heavy atom. The molecule has 7 heteroatoms. The van der Waals surface area contributed by atoms with Crippen molar-refractivity contribution >= 4 is 33.8 Å². The molecule has 3 N–H and O–H groups in total. The summed E-state index contributed by atoms with van der Waals surface area (Å²) < 4.78 is 27.9. The lowest BCUT2D eigenvalue weighted by Gasteiger charge is -2.42. The maximum atomic E-state index is 12.3. The first-order valence-electron chi connectivity index (χ1n) is 6.28. The topological polar surface area (TPSA) is 72.2 Å². The van der Waals surface area contributed by atoms with Crippen molar-refractivity contribution in [3.63, 3.8) is 0 Å². The normalized spacial score (nSPS) is 27.8. The standard InChI is InChI=1S/C12H20N2O2S2.ClH/c1-10-5-2-3-7-12(10,9-13)14-18(15,16)11-6-4-8-17-11;/h4,6,8,10,14H,2-3,5,7,9,13H2,1H3;1H. The summed E-state index contributed by atoms with van der Waals surface area (Å²) in [5, 5.41) is 1.77. The number of rotatable bonds is 4. The van der Waals surface area contributed by atoms with Crippen LogP contribution in [0, 0.1) is 5.92 Å². The molecule has 0 aliphatic heterocycles. The molecule has 2 rings (SSSR count). The zero-order valence-corrected chi connectivity index (χ0v) is 13.4. The van der Waals surface area contributed by atoms with Gasteiger partial charge in [0.1, 0.15) is 4.21 Å². The minimum absolute atomic E-state index is 0. The second-order valence-corrected chi connectivity index (χ2v) is 7.90. The van der Waals surface area contributed by atoms with Crippen LogP contribution in [0.4, 0.5) is 0 Å². The van der Waals surface area contributed by atoms with Gasteiger partial charge in [-0.2, -0.15) is 0 Å². The summed E-state index contributed by atoms with van der Waals surface area (Å²) in [7, 11) is -3.43. The van der Waals surface area contributed by atoms with Crippen LogP contribution in [0.25, 0.3) is 0 Å². The molecule has 0 spiro atoms. The Hall–Kier alpha value is -0.140. The van der Waals surface area contributed by atoms with E-state index in [1.165, 1.54) is 11.3 Å². The molecule has 1 aromatic rings. The maximum absolute atomic E-state index is 12.3. The number of nitrogens with one attached hydrogen (secondary N) is 1. The molecule has 19 heavy (non-hydrogen) atoms. The number of thiophene rings is 1. The third-order valence-corrected chi connectivity index (χ3v) is 6.86. The van der Waals surface area contributed by atoms with E-state index in [-0.39, 0.29) is 18.3 Å². The first kappa shape index (κ1) is 16.9. The van der Waals surface area contributed by atoms with E-state index >= 15 is 0 Å². The fraction of sp³-hybridized carbons (Fsp3) is 0.667. The molecule has 2 unspecified atom stereocenters. The average molecular weight is 325 g/mol. The average Bonchev–Trinajstić information content (AvgIpc) is 2.86.